The van der Waals surface area contributed by atoms with Crippen molar-refractivity contribution < 1.29 is 23.2 Å². The Bertz CT molecular complexity index is 766. The molecule has 144 valence electrons. The molecule has 0 radical (unpaired) electrons. The standard InChI is InChI=1S/C16H18BrF2N3O3.CH4/c1-9-7-10(21(2)12(9)17)11(23)8-22-13(24)15(20-14(22)25)3-5-16(18,19)6-4-15;/h7H,3-6,8H2,1-2H3,(H,20,25);1H4. The van der Waals surface area contributed by atoms with Gasteiger partial charge in [0.2, 0.25) is 5.92 Å². The second-order valence-corrected chi connectivity index (χ2v) is 7.50. The van der Waals surface area contributed by atoms with Crippen LogP contribution >= 0.6 is 15.9 Å². The zero-order chi connectivity index (χ0) is 18.6. The van der Waals surface area contributed by atoms with Crippen molar-refractivity contribution in [3.8, 4) is 0 Å². The number of alkyl halides is 2. The van der Waals surface area contributed by atoms with E-state index in [2.05, 4.69) is 21.2 Å². The van der Waals surface area contributed by atoms with Crippen molar-refractivity contribution in [2.45, 2.75) is 51.5 Å². The Hall–Kier alpha value is -1.77. The monoisotopic (exact) mass is 433 g/mol. The number of nitrogens with one attached hydrogen (secondary N) is 1. The van der Waals surface area contributed by atoms with Crippen LogP contribution in [0.5, 0.6) is 0 Å². The number of nitrogens with zero attached hydrogens (tertiary/aromatic N) is 2. The molecule has 1 aromatic heterocycles. The van der Waals surface area contributed by atoms with Gasteiger partial charge in [-0.05, 0) is 47.3 Å². The minimum Gasteiger partial charge on any atom is -0.336 e. The van der Waals surface area contributed by atoms with Crippen LogP contribution in [0.15, 0.2) is 10.7 Å². The molecule has 0 unspecified atom stereocenters. The number of Topliss-reactive ketones (excluding diaryl/α,β-unsaturated/α-hetero) is 1. The van der Waals surface area contributed by atoms with E-state index < -0.39 is 48.6 Å². The van der Waals surface area contributed by atoms with Crippen molar-refractivity contribution >= 4 is 33.7 Å². The Kier molecular flexibility index (Phi) is 5.34. The SMILES string of the molecule is C.Cc1cc(C(=O)CN2C(=O)NC3(CCC(F)(F)CC3)C2=O)n(C)c1Br. The van der Waals surface area contributed by atoms with E-state index in [9.17, 15) is 23.2 Å². The highest BCUT2D eigenvalue weighted by atomic mass is 79.9. The normalized spacial score (nSPS) is 20.9. The van der Waals surface area contributed by atoms with Crippen molar-refractivity contribution in [2.75, 3.05) is 6.54 Å². The summed E-state index contributed by atoms with van der Waals surface area (Å²) in [4.78, 5) is 38.2. The van der Waals surface area contributed by atoms with Crippen LogP contribution in [-0.2, 0) is 11.8 Å². The van der Waals surface area contributed by atoms with Crippen LogP contribution < -0.4 is 5.32 Å². The van der Waals surface area contributed by atoms with Crippen molar-refractivity contribution in [3.05, 3.63) is 21.9 Å². The molecule has 0 bridgehead atoms. The summed E-state index contributed by atoms with van der Waals surface area (Å²) >= 11 is 3.35. The maximum atomic E-state index is 13.4. The molecule has 2 fully saturated rings. The number of aromatic nitrogens is 1. The van der Waals surface area contributed by atoms with Crippen LogP contribution in [0.3, 0.4) is 0 Å². The molecule has 2 aliphatic rings. The second-order valence-electron chi connectivity index (χ2n) is 6.75. The van der Waals surface area contributed by atoms with Gasteiger partial charge in [-0.15, -0.1) is 0 Å². The number of aryl methyl sites for hydroxylation is 1. The maximum Gasteiger partial charge on any atom is 0.325 e. The summed E-state index contributed by atoms with van der Waals surface area (Å²) in [5.74, 6) is -3.80. The molecule has 3 amide bonds. The topological polar surface area (TPSA) is 71.4 Å². The summed E-state index contributed by atoms with van der Waals surface area (Å²) in [6, 6.07) is 0.968. The van der Waals surface area contributed by atoms with Gasteiger partial charge < -0.3 is 9.88 Å². The lowest BCUT2D eigenvalue weighted by Gasteiger charge is -2.34. The second kappa shape index (κ2) is 6.75. The molecule has 6 nitrogen and oxygen atoms in total. The number of rotatable bonds is 3. The van der Waals surface area contributed by atoms with Crippen LogP contribution in [0.4, 0.5) is 13.6 Å². The Morgan fingerprint density at radius 2 is 1.85 bits per heavy atom. The molecule has 9 heteroatoms. The molecule has 1 aliphatic carbocycles. The molecule has 1 saturated heterocycles. The fraction of sp³-hybridized carbons (Fsp3) is 0.588. The van der Waals surface area contributed by atoms with E-state index in [0.29, 0.717) is 5.69 Å². The third kappa shape index (κ3) is 3.28. The van der Waals surface area contributed by atoms with Crippen molar-refractivity contribution in [1.29, 1.82) is 0 Å². The Morgan fingerprint density at radius 3 is 2.35 bits per heavy atom. The molecule has 2 heterocycles. The van der Waals surface area contributed by atoms with E-state index in [1.807, 2.05) is 6.92 Å². The Balaban J connectivity index is 0.00000243. The van der Waals surface area contributed by atoms with Gasteiger partial charge in [-0.2, -0.15) is 0 Å². The predicted molar refractivity (Wildman–Crippen MR) is 95.3 cm³/mol. The van der Waals surface area contributed by atoms with Crippen molar-refractivity contribution in [1.82, 2.24) is 14.8 Å². The smallest absolute Gasteiger partial charge is 0.325 e. The quantitative estimate of drug-likeness (QED) is 0.586. The lowest BCUT2D eigenvalue weighted by molar-refractivity contribution is -0.135. The number of carbonyl (C=O) groups is 3. The molecule has 0 aromatic carbocycles. The molecular formula is C17H22BrF2N3O3. The van der Waals surface area contributed by atoms with Gasteiger partial charge in [0.05, 0.1) is 16.8 Å². The number of hydrogen-bond donors (Lipinski definition) is 1. The largest absolute Gasteiger partial charge is 0.336 e. The number of hydrogen-bond acceptors (Lipinski definition) is 3. The first-order valence-corrected chi connectivity index (χ1v) is 8.73. The third-order valence-electron chi connectivity index (χ3n) is 5.00. The van der Waals surface area contributed by atoms with Crippen molar-refractivity contribution in [2.24, 2.45) is 7.05 Å². The number of amides is 3. The number of halogens is 3. The van der Waals surface area contributed by atoms with Crippen LogP contribution in [0.25, 0.3) is 0 Å². The van der Waals surface area contributed by atoms with Gasteiger partial charge >= 0.3 is 6.03 Å². The van der Waals surface area contributed by atoms with Crippen LogP contribution in [0.1, 0.15) is 49.2 Å². The van der Waals surface area contributed by atoms with Crippen molar-refractivity contribution in [3.63, 3.8) is 0 Å². The minimum atomic E-state index is -2.81. The summed E-state index contributed by atoms with van der Waals surface area (Å²) < 4.78 is 29.1. The van der Waals surface area contributed by atoms with E-state index in [4.69, 9.17) is 0 Å². The third-order valence-corrected chi connectivity index (χ3v) is 6.16. The first kappa shape index (κ1) is 20.5. The zero-order valence-corrected chi connectivity index (χ0v) is 15.5. The van der Waals surface area contributed by atoms with E-state index in [1.54, 1.807) is 17.7 Å². The van der Waals surface area contributed by atoms with Crippen LogP contribution in [0.2, 0.25) is 0 Å². The minimum absolute atomic E-state index is 0. The fourth-order valence-electron chi connectivity index (χ4n) is 3.43. The highest BCUT2D eigenvalue weighted by molar-refractivity contribution is 9.10. The van der Waals surface area contributed by atoms with Gasteiger partial charge in [0.15, 0.2) is 5.78 Å². The lowest BCUT2D eigenvalue weighted by Crippen LogP contribution is -2.51. The summed E-state index contributed by atoms with van der Waals surface area (Å²) in [6.07, 6.45) is -1.15. The van der Waals surface area contributed by atoms with Gasteiger partial charge in [-0.25, -0.2) is 13.6 Å². The van der Waals surface area contributed by atoms with Gasteiger partial charge in [0, 0.05) is 19.9 Å². The Morgan fingerprint density at radius 1 is 1.27 bits per heavy atom. The van der Waals surface area contributed by atoms with Crippen LogP contribution in [0, 0.1) is 6.92 Å². The number of imide groups is 1. The maximum absolute atomic E-state index is 13.4. The molecule has 0 atom stereocenters. The highest BCUT2D eigenvalue weighted by Gasteiger charge is 2.55. The molecule has 26 heavy (non-hydrogen) atoms. The molecule has 1 spiro atoms. The average Bonchev–Trinajstić information content (AvgIpc) is 2.93. The van der Waals surface area contributed by atoms with E-state index in [-0.39, 0.29) is 20.3 Å². The summed E-state index contributed by atoms with van der Waals surface area (Å²) in [6.45, 7) is 1.41. The predicted octanol–water partition coefficient (Wildman–Crippen LogP) is 3.41. The summed E-state index contributed by atoms with van der Waals surface area (Å²) in [7, 11) is 1.70. The number of ketones is 1. The molecular weight excluding hydrogens is 412 g/mol. The van der Waals surface area contributed by atoms with Gasteiger partial charge in [0.25, 0.3) is 5.91 Å². The molecule has 1 aromatic rings. The molecule has 3 rings (SSSR count). The summed E-state index contributed by atoms with van der Waals surface area (Å²) in [5.41, 5.74) is -0.0841. The summed E-state index contributed by atoms with van der Waals surface area (Å²) in [5, 5.41) is 2.53. The average molecular weight is 434 g/mol. The first-order valence-electron chi connectivity index (χ1n) is 7.93. The molecule has 1 saturated carbocycles. The van der Waals surface area contributed by atoms with Gasteiger partial charge in [0.1, 0.15) is 5.54 Å². The molecule has 1 N–H and O–H groups in total. The number of carbonyl (C=O) groups excluding carboxylic acids is 3. The van der Waals surface area contributed by atoms with Crippen LogP contribution in [-0.4, -0.2) is 45.2 Å². The number of urea groups is 1. The fourth-order valence-corrected chi connectivity index (χ4v) is 3.73. The lowest BCUT2D eigenvalue weighted by atomic mass is 9.80. The van der Waals surface area contributed by atoms with Gasteiger partial charge in [-0.3, -0.25) is 14.5 Å². The highest BCUT2D eigenvalue weighted by Crippen LogP contribution is 2.41. The first-order chi connectivity index (χ1) is 11.6. The molecule has 1 aliphatic heterocycles. The zero-order valence-electron chi connectivity index (χ0n) is 13.9. The van der Waals surface area contributed by atoms with Gasteiger partial charge in [-0.1, -0.05) is 7.43 Å². The van der Waals surface area contributed by atoms with E-state index in [1.165, 1.54) is 0 Å². The van der Waals surface area contributed by atoms with E-state index >= 15 is 0 Å². The van der Waals surface area contributed by atoms with E-state index in [0.717, 1.165) is 15.1 Å². The Labute approximate surface area is 159 Å².